The van der Waals surface area contributed by atoms with Crippen LogP contribution in [-0.4, -0.2) is 29.5 Å². The highest BCUT2D eigenvalue weighted by molar-refractivity contribution is 7.08. The van der Waals surface area contributed by atoms with Crippen LogP contribution in [0.3, 0.4) is 0 Å². The molecular formula is C11H14N4O2S. The average molecular weight is 266 g/mol. The molecule has 0 saturated heterocycles. The summed E-state index contributed by atoms with van der Waals surface area (Å²) in [5.41, 5.74) is 1.43. The van der Waals surface area contributed by atoms with Gasteiger partial charge in [0.25, 0.3) is 0 Å². The van der Waals surface area contributed by atoms with Gasteiger partial charge in [-0.05, 0) is 11.4 Å². The number of ether oxygens (including phenoxy) is 1. The number of aromatic nitrogens is 2. The average Bonchev–Trinajstić information content (AvgIpc) is 2.98. The minimum absolute atomic E-state index is 0.278. The van der Waals surface area contributed by atoms with E-state index >= 15 is 0 Å². The van der Waals surface area contributed by atoms with Crippen molar-refractivity contribution in [2.24, 2.45) is 0 Å². The number of carbonyl (C=O) groups excluding carboxylic acids is 1. The summed E-state index contributed by atoms with van der Waals surface area (Å²) in [6, 6.07) is 1.56. The van der Waals surface area contributed by atoms with Crippen molar-refractivity contribution in [3.63, 3.8) is 0 Å². The highest BCUT2D eigenvalue weighted by Crippen LogP contribution is 2.12. The number of amides is 2. The Kier molecular flexibility index (Phi) is 4.32. The minimum Gasteiger partial charge on any atom is -0.383 e. The molecule has 0 bridgehead atoms. The van der Waals surface area contributed by atoms with Crippen molar-refractivity contribution in [3.05, 3.63) is 29.2 Å². The predicted molar refractivity (Wildman–Crippen MR) is 71.1 cm³/mol. The van der Waals surface area contributed by atoms with Gasteiger partial charge >= 0.3 is 6.03 Å². The molecule has 0 aliphatic heterocycles. The van der Waals surface area contributed by atoms with Crippen molar-refractivity contribution in [3.8, 4) is 0 Å². The highest BCUT2D eigenvalue weighted by atomic mass is 32.1. The van der Waals surface area contributed by atoms with Crippen molar-refractivity contribution in [2.75, 3.05) is 24.4 Å². The molecular weight excluding hydrogens is 252 g/mol. The fourth-order valence-electron chi connectivity index (χ4n) is 1.36. The summed E-state index contributed by atoms with van der Waals surface area (Å²) in [4.78, 5) is 11.6. The number of nitrogens with zero attached hydrogens (tertiary/aromatic N) is 2. The molecule has 0 unspecified atom stereocenters. The molecule has 18 heavy (non-hydrogen) atoms. The zero-order valence-corrected chi connectivity index (χ0v) is 10.7. The quantitative estimate of drug-likeness (QED) is 0.872. The van der Waals surface area contributed by atoms with Gasteiger partial charge in [0.15, 0.2) is 0 Å². The van der Waals surface area contributed by atoms with Gasteiger partial charge in [-0.25, -0.2) is 4.79 Å². The second-order valence-electron chi connectivity index (χ2n) is 3.58. The number of carbonyl (C=O) groups is 1. The van der Waals surface area contributed by atoms with Crippen molar-refractivity contribution >= 4 is 28.7 Å². The number of thiophene rings is 1. The summed E-state index contributed by atoms with van der Waals surface area (Å²) in [5.74, 6) is 0. The number of rotatable bonds is 5. The van der Waals surface area contributed by atoms with Crippen LogP contribution >= 0.6 is 11.3 Å². The second-order valence-corrected chi connectivity index (χ2v) is 4.36. The van der Waals surface area contributed by atoms with Crippen LogP contribution in [0.25, 0.3) is 0 Å². The van der Waals surface area contributed by atoms with Crippen LogP contribution in [0.5, 0.6) is 0 Å². The fourth-order valence-corrected chi connectivity index (χ4v) is 1.95. The van der Waals surface area contributed by atoms with Crippen LogP contribution in [0.15, 0.2) is 29.2 Å². The lowest BCUT2D eigenvalue weighted by Crippen LogP contribution is -2.18. The van der Waals surface area contributed by atoms with Gasteiger partial charge in [0, 0.05) is 18.7 Å². The maximum Gasteiger partial charge on any atom is 0.323 e. The Labute approximate surface area is 109 Å². The Morgan fingerprint density at radius 2 is 2.33 bits per heavy atom. The second kappa shape index (κ2) is 6.18. The molecule has 2 rings (SSSR count). The van der Waals surface area contributed by atoms with E-state index in [4.69, 9.17) is 4.74 Å². The van der Waals surface area contributed by atoms with E-state index in [1.807, 2.05) is 16.8 Å². The lowest BCUT2D eigenvalue weighted by atomic mass is 10.5. The number of methoxy groups -OCH3 is 1. The number of urea groups is 1. The Bertz CT molecular complexity index is 495. The zero-order valence-electron chi connectivity index (χ0n) is 9.92. The molecule has 0 spiro atoms. The summed E-state index contributed by atoms with van der Waals surface area (Å²) in [6.45, 7) is 1.24. The zero-order chi connectivity index (χ0) is 12.8. The minimum atomic E-state index is -0.278. The molecule has 7 heteroatoms. The summed E-state index contributed by atoms with van der Waals surface area (Å²) >= 11 is 1.53. The van der Waals surface area contributed by atoms with E-state index in [2.05, 4.69) is 15.7 Å². The number of hydrogen-bond donors (Lipinski definition) is 2. The van der Waals surface area contributed by atoms with Gasteiger partial charge < -0.3 is 15.4 Å². The molecule has 2 amide bonds. The van der Waals surface area contributed by atoms with Crippen LogP contribution in [0.1, 0.15) is 0 Å². The van der Waals surface area contributed by atoms with Crippen LogP contribution in [-0.2, 0) is 11.3 Å². The molecule has 2 heterocycles. The van der Waals surface area contributed by atoms with Crippen LogP contribution < -0.4 is 10.6 Å². The third-order valence-corrected chi connectivity index (χ3v) is 2.88. The van der Waals surface area contributed by atoms with E-state index in [1.165, 1.54) is 11.3 Å². The molecule has 0 radical (unpaired) electrons. The molecule has 96 valence electrons. The molecule has 0 aliphatic carbocycles. The maximum absolute atomic E-state index is 11.6. The van der Waals surface area contributed by atoms with Gasteiger partial charge in [-0.1, -0.05) is 0 Å². The molecule has 6 nitrogen and oxygen atoms in total. The van der Waals surface area contributed by atoms with Crippen molar-refractivity contribution in [1.82, 2.24) is 9.78 Å². The first-order chi connectivity index (χ1) is 8.78. The molecule has 2 N–H and O–H groups in total. The molecule has 0 aromatic carbocycles. The number of anilines is 2. The number of hydrogen-bond acceptors (Lipinski definition) is 4. The summed E-state index contributed by atoms with van der Waals surface area (Å²) < 4.78 is 6.66. The lowest BCUT2D eigenvalue weighted by molar-refractivity contribution is 0.183. The lowest BCUT2D eigenvalue weighted by Gasteiger charge is -2.03. The van der Waals surface area contributed by atoms with Crippen LogP contribution in [0.2, 0.25) is 0 Å². The van der Waals surface area contributed by atoms with E-state index in [9.17, 15) is 4.79 Å². The van der Waals surface area contributed by atoms with E-state index in [0.717, 1.165) is 5.69 Å². The molecule has 0 atom stereocenters. The van der Waals surface area contributed by atoms with Crippen molar-refractivity contribution in [1.29, 1.82) is 0 Å². The third-order valence-electron chi connectivity index (χ3n) is 2.19. The van der Waals surface area contributed by atoms with E-state index < -0.39 is 0 Å². The molecule has 2 aromatic rings. The normalized spacial score (nSPS) is 10.3. The van der Waals surface area contributed by atoms with Gasteiger partial charge in [-0.15, -0.1) is 0 Å². The van der Waals surface area contributed by atoms with E-state index in [-0.39, 0.29) is 6.03 Å². The predicted octanol–water partition coefficient (Wildman–Crippen LogP) is 2.24. The van der Waals surface area contributed by atoms with E-state index in [1.54, 1.807) is 24.2 Å². The summed E-state index contributed by atoms with van der Waals surface area (Å²) in [6.07, 6.45) is 3.36. The third kappa shape index (κ3) is 3.57. The Morgan fingerprint density at radius 1 is 1.50 bits per heavy atom. The van der Waals surface area contributed by atoms with Crippen molar-refractivity contribution in [2.45, 2.75) is 6.54 Å². The van der Waals surface area contributed by atoms with Gasteiger partial charge in [0.2, 0.25) is 0 Å². The highest BCUT2D eigenvalue weighted by Gasteiger charge is 2.04. The molecule has 0 aliphatic rings. The Hall–Kier alpha value is -1.86. The van der Waals surface area contributed by atoms with Gasteiger partial charge in [0.1, 0.15) is 0 Å². The van der Waals surface area contributed by atoms with E-state index in [0.29, 0.717) is 18.8 Å². The largest absolute Gasteiger partial charge is 0.383 e. The Balaban J connectivity index is 1.85. The maximum atomic E-state index is 11.6. The molecule has 0 fully saturated rings. The number of nitrogens with one attached hydrogen (secondary N) is 2. The first-order valence-electron chi connectivity index (χ1n) is 5.39. The first-order valence-corrected chi connectivity index (χ1v) is 6.34. The summed E-state index contributed by atoms with van der Waals surface area (Å²) in [5, 5.41) is 13.3. The first kappa shape index (κ1) is 12.6. The fraction of sp³-hybridized carbons (Fsp3) is 0.273. The van der Waals surface area contributed by atoms with Gasteiger partial charge in [-0.2, -0.15) is 16.4 Å². The smallest absolute Gasteiger partial charge is 0.323 e. The molecule has 0 saturated carbocycles. The Morgan fingerprint density at radius 3 is 3.06 bits per heavy atom. The topological polar surface area (TPSA) is 68.2 Å². The standard InChI is InChI=1S/C11H14N4O2S/c1-17-4-3-15-7-10(6-12-15)14-11(16)13-9-2-5-18-8-9/h2,5-8H,3-4H2,1H3,(H2,13,14,16). The van der Waals surface area contributed by atoms with Crippen molar-refractivity contribution < 1.29 is 9.53 Å². The molecule has 2 aromatic heterocycles. The SMILES string of the molecule is COCCn1cc(NC(=O)Nc2ccsc2)cn1. The monoisotopic (exact) mass is 266 g/mol. The van der Waals surface area contributed by atoms with Gasteiger partial charge in [0.05, 0.1) is 30.7 Å². The summed E-state index contributed by atoms with van der Waals surface area (Å²) in [7, 11) is 1.64. The van der Waals surface area contributed by atoms with Crippen LogP contribution in [0, 0.1) is 0 Å². The van der Waals surface area contributed by atoms with Crippen LogP contribution in [0.4, 0.5) is 16.2 Å². The van der Waals surface area contributed by atoms with Gasteiger partial charge in [-0.3, -0.25) is 4.68 Å².